The first-order valence-electron chi connectivity index (χ1n) is 7.19. The maximum Gasteiger partial charge on any atom is 0.130 e. The van der Waals surface area contributed by atoms with Gasteiger partial charge in [0.2, 0.25) is 0 Å². The fourth-order valence-electron chi connectivity index (χ4n) is 2.78. The highest BCUT2D eigenvalue weighted by Crippen LogP contribution is 2.35. The first-order valence-corrected chi connectivity index (χ1v) is 9.66. The molecule has 1 saturated heterocycles. The van der Waals surface area contributed by atoms with Crippen molar-refractivity contribution in [1.29, 1.82) is 0 Å². The third kappa shape index (κ3) is 3.67. The number of aromatic nitrogens is 2. The first kappa shape index (κ1) is 16.5. The number of halogens is 1. The minimum absolute atomic E-state index is 0.466. The third-order valence-electron chi connectivity index (χ3n) is 3.79. The van der Waals surface area contributed by atoms with Crippen LogP contribution in [0.15, 0.2) is 0 Å². The summed E-state index contributed by atoms with van der Waals surface area (Å²) in [6.07, 6.45) is 0.967. The van der Waals surface area contributed by atoms with Crippen molar-refractivity contribution in [1.82, 2.24) is 15.1 Å². The number of rotatable bonds is 5. The molecule has 0 aromatic carbocycles. The molecule has 6 heteroatoms. The van der Waals surface area contributed by atoms with Crippen molar-refractivity contribution in [3.8, 4) is 0 Å². The van der Waals surface area contributed by atoms with E-state index < -0.39 is 0 Å². The summed E-state index contributed by atoms with van der Waals surface area (Å²) >= 11 is 10.6. The average Bonchev–Trinajstić information content (AvgIpc) is 2.65. The summed E-state index contributed by atoms with van der Waals surface area (Å²) in [5, 5.41) is 10.2. The molecular formula is C14H24ClN3S2. The normalized spacial score (nSPS) is 24.9. The van der Waals surface area contributed by atoms with Crippen LogP contribution in [0.4, 0.5) is 0 Å². The lowest BCUT2D eigenvalue weighted by molar-refractivity contribution is 0.500. The quantitative estimate of drug-likeness (QED) is 0.896. The van der Waals surface area contributed by atoms with E-state index in [0.717, 1.165) is 23.8 Å². The highest BCUT2D eigenvalue weighted by atomic mass is 35.5. The van der Waals surface area contributed by atoms with Gasteiger partial charge in [-0.25, -0.2) is 0 Å². The number of likely N-dealkylation sites (N-methyl/N-ethyl adjacent to an activating group) is 1. The summed E-state index contributed by atoms with van der Waals surface area (Å²) in [7, 11) is 1.91. The molecule has 3 atom stereocenters. The molecule has 1 aromatic heterocycles. The minimum Gasteiger partial charge on any atom is -0.313 e. The number of nitrogens with zero attached hydrogens (tertiary/aromatic N) is 2. The van der Waals surface area contributed by atoms with Crippen molar-refractivity contribution >= 4 is 35.1 Å². The van der Waals surface area contributed by atoms with Gasteiger partial charge in [-0.3, -0.25) is 4.68 Å². The molecule has 0 bridgehead atoms. The van der Waals surface area contributed by atoms with Crippen LogP contribution in [0.3, 0.4) is 0 Å². The van der Waals surface area contributed by atoms with Crippen LogP contribution in [-0.4, -0.2) is 44.4 Å². The standard InChI is InChI=1S/C14H24ClN3S2/c1-5-16-12(13-10(3)19-6-7-20-13)8-11-9(2)17-18(4)14(11)15/h10,12-13,16H,5-8H2,1-4H3. The van der Waals surface area contributed by atoms with E-state index in [1.54, 1.807) is 4.68 Å². The Bertz CT molecular complexity index is 450. The van der Waals surface area contributed by atoms with Crippen LogP contribution in [0.1, 0.15) is 25.1 Å². The number of nitrogens with one attached hydrogen (secondary N) is 1. The van der Waals surface area contributed by atoms with E-state index in [1.807, 2.05) is 7.05 Å². The summed E-state index contributed by atoms with van der Waals surface area (Å²) in [5.41, 5.74) is 2.25. The van der Waals surface area contributed by atoms with Crippen molar-refractivity contribution < 1.29 is 0 Å². The second-order valence-electron chi connectivity index (χ2n) is 5.26. The van der Waals surface area contributed by atoms with Crippen LogP contribution in [0.25, 0.3) is 0 Å². The van der Waals surface area contributed by atoms with E-state index in [0.29, 0.717) is 16.5 Å². The Morgan fingerprint density at radius 3 is 2.70 bits per heavy atom. The van der Waals surface area contributed by atoms with Gasteiger partial charge in [0.25, 0.3) is 0 Å². The van der Waals surface area contributed by atoms with Crippen LogP contribution in [0.2, 0.25) is 5.15 Å². The fourth-order valence-corrected chi connectivity index (χ4v) is 6.00. The van der Waals surface area contributed by atoms with Crippen molar-refractivity contribution in [2.24, 2.45) is 7.05 Å². The maximum absolute atomic E-state index is 6.39. The average molecular weight is 334 g/mol. The van der Waals surface area contributed by atoms with Crippen LogP contribution in [0.5, 0.6) is 0 Å². The van der Waals surface area contributed by atoms with E-state index in [1.165, 1.54) is 17.1 Å². The Labute approximate surface area is 135 Å². The van der Waals surface area contributed by atoms with Gasteiger partial charge >= 0.3 is 0 Å². The third-order valence-corrected chi connectivity index (χ3v) is 7.52. The maximum atomic E-state index is 6.39. The molecule has 20 heavy (non-hydrogen) atoms. The van der Waals surface area contributed by atoms with E-state index in [2.05, 4.69) is 54.7 Å². The summed E-state index contributed by atoms with van der Waals surface area (Å²) in [6, 6.07) is 0.466. The predicted molar refractivity (Wildman–Crippen MR) is 92.3 cm³/mol. The molecule has 1 aliphatic rings. The molecule has 1 aliphatic heterocycles. The molecule has 1 fully saturated rings. The van der Waals surface area contributed by atoms with Crippen LogP contribution in [-0.2, 0) is 13.5 Å². The topological polar surface area (TPSA) is 29.9 Å². The largest absolute Gasteiger partial charge is 0.313 e. The van der Waals surface area contributed by atoms with Gasteiger partial charge in [0.05, 0.1) is 5.69 Å². The van der Waals surface area contributed by atoms with Crippen molar-refractivity contribution in [3.05, 3.63) is 16.4 Å². The second-order valence-corrected chi connectivity index (χ2v) is 8.39. The SMILES string of the molecule is CCNC(Cc1c(C)nn(C)c1Cl)C1SCCSC1C. The lowest BCUT2D eigenvalue weighted by Crippen LogP contribution is -2.45. The molecule has 0 radical (unpaired) electrons. The van der Waals surface area contributed by atoms with Gasteiger partial charge in [0, 0.05) is 40.7 Å². The van der Waals surface area contributed by atoms with Gasteiger partial charge in [0.1, 0.15) is 5.15 Å². The zero-order chi connectivity index (χ0) is 14.7. The predicted octanol–water partition coefficient (Wildman–Crippen LogP) is 3.14. The molecular weight excluding hydrogens is 310 g/mol. The highest BCUT2D eigenvalue weighted by Gasteiger charge is 2.31. The molecule has 0 amide bonds. The van der Waals surface area contributed by atoms with E-state index in [9.17, 15) is 0 Å². The Kier molecular flexibility index (Phi) is 6.14. The zero-order valence-electron chi connectivity index (χ0n) is 12.6. The van der Waals surface area contributed by atoms with Crippen molar-refractivity contribution in [3.63, 3.8) is 0 Å². The summed E-state index contributed by atoms with van der Waals surface area (Å²) < 4.78 is 1.78. The molecule has 2 heterocycles. The smallest absolute Gasteiger partial charge is 0.130 e. The fraction of sp³-hybridized carbons (Fsp3) is 0.786. The minimum atomic E-state index is 0.466. The summed E-state index contributed by atoms with van der Waals surface area (Å²) in [4.78, 5) is 0. The molecule has 0 spiro atoms. The Balaban J connectivity index is 2.16. The van der Waals surface area contributed by atoms with Crippen molar-refractivity contribution in [2.45, 2.75) is 43.7 Å². The molecule has 1 N–H and O–H groups in total. The van der Waals surface area contributed by atoms with Crippen molar-refractivity contribution in [2.75, 3.05) is 18.1 Å². The number of aryl methyl sites for hydroxylation is 2. The van der Waals surface area contributed by atoms with E-state index >= 15 is 0 Å². The summed E-state index contributed by atoms with van der Waals surface area (Å²) in [6.45, 7) is 7.58. The molecule has 0 aliphatic carbocycles. The molecule has 3 nitrogen and oxygen atoms in total. The van der Waals surface area contributed by atoms with Crippen LogP contribution >= 0.6 is 35.1 Å². The zero-order valence-corrected chi connectivity index (χ0v) is 15.0. The summed E-state index contributed by atoms with van der Waals surface area (Å²) in [5.74, 6) is 2.52. The molecule has 1 aromatic rings. The van der Waals surface area contributed by atoms with Gasteiger partial charge in [-0.05, 0) is 19.9 Å². The van der Waals surface area contributed by atoms with Gasteiger partial charge in [0.15, 0.2) is 0 Å². The Morgan fingerprint density at radius 2 is 2.15 bits per heavy atom. The van der Waals surface area contributed by atoms with Crippen LogP contribution in [0, 0.1) is 6.92 Å². The Morgan fingerprint density at radius 1 is 1.45 bits per heavy atom. The monoisotopic (exact) mass is 333 g/mol. The molecule has 2 rings (SSSR count). The number of hydrogen-bond acceptors (Lipinski definition) is 4. The lowest BCUT2D eigenvalue weighted by atomic mass is 10.0. The number of hydrogen-bond donors (Lipinski definition) is 1. The first-order chi connectivity index (χ1) is 9.54. The van der Waals surface area contributed by atoms with Gasteiger partial charge in [-0.15, -0.1) is 0 Å². The highest BCUT2D eigenvalue weighted by molar-refractivity contribution is 8.07. The van der Waals surface area contributed by atoms with E-state index in [-0.39, 0.29) is 0 Å². The van der Waals surface area contributed by atoms with Crippen LogP contribution < -0.4 is 5.32 Å². The molecule has 3 unspecified atom stereocenters. The van der Waals surface area contributed by atoms with E-state index in [4.69, 9.17) is 11.6 Å². The molecule has 0 saturated carbocycles. The second kappa shape index (κ2) is 7.43. The Hall–Kier alpha value is 0.160. The number of thioether (sulfide) groups is 2. The van der Waals surface area contributed by atoms with Gasteiger partial charge < -0.3 is 5.32 Å². The van der Waals surface area contributed by atoms with Gasteiger partial charge in [-0.1, -0.05) is 25.4 Å². The van der Waals surface area contributed by atoms with Gasteiger partial charge in [-0.2, -0.15) is 28.6 Å². The lowest BCUT2D eigenvalue weighted by Gasteiger charge is -2.35. The molecule has 114 valence electrons.